The zero-order valence-electron chi connectivity index (χ0n) is 9.79. The highest BCUT2D eigenvalue weighted by atomic mass is 16.2. The van der Waals surface area contributed by atoms with Crippen LogP contribution in [0.15, 0.2) is 43.0 Å². The van der Waals surface area contributed by atoms with Crippen LogP contribution in [0.5, 0.6) is 0 Å². The third-order valence-corrected chi connectivity index (χ3v) is 2.39. The predicted molar refractivity (Wildman–Crippen MR) is 65.5 cm³/mol. The molecule has 0 aliphatic rings. The summed E-state index contributed by atoms with van der Waals surface area (Å²) < 4.78 is 0. The second-order valence-corrected chi connectivity index (χ2v) is 3.90. The van der Waals surface area contributed by atoms with Crippen molar-refractivity contribution in [2.75, 3.05) is 14.1 Å². The van der Waals surface area contributed by atoms with Crippen LogP contribution in [-0.2, 0) is 0 Å². The van der Waals surface area contributed by atoms with Gasteiger partial charge in [0.05, 0.1) is 5.56 Å². The minimum atomic E-state index is -0.0526. The summed E-state index contributed by atoms with van der Waals surface area (Å²) in [6.07, 6.45) is 6.76. The Balaban J connectivity index is 2.39. The summed E-state index contributed by atoms with van der Waals surface area (Å²) in [4.78, 5) is 21.5. The molecule has 2 heterocycles. The maximum Gasteiger partial charge on any atom is 0.254 e. The Bertz CT molecular complexity index is 523. The van der Waals surface area contributed by atoms with Crippen molar-refractivity contribution in [3.8, 4) is 11.1 Å². The number of carbonyl (C=O) groups excluding carboxylic acids is 1. The third kappa shape index (κ3) is 2.47. The van der Waals surface area contributed by atoms with E-state index in [1.165, 1.54) is 4.90 Å². The van der Waals surface area contributed by atoms with Gasteiger partial charge in [0, 0.05) is 50.0 Å². The molecule has 0 atom stereocenters. The molecule has 2 aromatic rings. The molecule has 0 aromatic carbocycles. The molecular weight excluding hydrogens is 214 g/mol. The summed E-state index contributed by atoms with van der Waals surface area (Å²) in [6, 6.07) is 5.62. The average molecular weight is 227 g/mol. The Morgan fingerprint density at radius 3 is 2.53 bits per heavy atom. The molecular formula is C13H13N3O. The van der Waals surface area contributed by atoms with Crippen LogP contribution in [0.1, 0.15) is 10.4 Å². The van der Waals surface area contributed by atoms with Gasteiger partial charge in [-0.2, -0.15) is 0 Å². The van der Waals surface area contributed by atoms with E-state index in [0.717, 1.165) is 11.1 Å². The van der Waals surface area contributed by atoms with E-state index in [2.05, 4.69) is 9.97 Å². The molecule has 0 saturated heterocycles. The Labute approximate surface area is 99.9 Å². The molecule has 0 unspecified atom stereocenters. The van der Waals surface area contributed by atoms with Crippen LogP contribution in [0.25, 0.3) is 11.1 Å². The van der Waals surface area contributed by atoms with E-state index in [9.17, 15) is 4.79 Å². The lowest BCUT2D eigenvalue weighted by molar-refractivity contribution is 0.0827. The molecule has 17 heavy (non-hydrogen) atoms. The number of aromatic nitrogens is 2. The highest BCUT2D eigenvalue weighted by Gasteiger charge is 2.09. The Hall–Kier alpha value is -2.23. The molecule has 0 N–H and O–H groups in total. The lowest BCUT2D eigenvalue weighted by Crippen LogP contribution is -2.21. The number of rotatable bonds is 2. The van der Waals surface area contributed by atoms with Crippen molar-refractivity contribution in [1.29, 1.82) is 0 Å². The van der Waals surface area contributed by atoms with Gasteiger partial charge in [0.1, 0.15) is 0 Å². The summed E-state index contributed by atoms with van der Waals surface area (Å²) in [5.41, 5.74) is 2.43. The number of carbonyl (C=O) groups is 1. The van der Waals surface area contributed by atoms with Crippen molar-refractivity contribution in [2.45, 2.75) is 0 Å². The van der Waals surface area contributed by atoms with Crippen LogP contribution in [-0.4, -0.2) is 34.9 Å². The molecule has 0 bridgehead atoms. The first kappa shape index (κ1) is 11.3. The summed E-state index contributed by atoms with van der Waals surface area (Å²) in [5.74, 6) is -0.0526. The molecule has 0 radical (unpaired) electrons. The van der Waals surface area contributed by atoms with Crippen molar-refractivity contribution in [3.63, 3.8) is 0 Å². The van der Waals surface area contributed by atoms with Crippen LogP contribution in [0.3, 0.4) is 0 Å². The van der Waals surface area contributed by atoms with Gasteiger partial charge in [-0.1, -0.05) is 6.07 Å². The molecule has 0 spiro atoms. The van der Waals surface area contributed by atoms with E-state index in [4.69, 9.17) is 0 Å². The van der Waals surface area contributed by atoms with E-state index in [1.807, 2.05) is 18.2 Å². The molecule has 1 amide bonds. The Morgan fingerprint density at radius 1 is 1.12 bits per heavy atom. The molecule has 4 nitrogen and oxygen atoms in total. The first-order valence-corrected chi connectivity index (χ1v) is 5.25. The third-order valence-electron chi connectivity index (χ3n) is 2.39. The number of pyridine rings is 2. The SMILES string of the molecule is CN(C)C(=O)c1cncc(-c2cccnc2)c1. The van der Waals surface area contributed by atoms with E-state index in [1.54, 1.807) is 38.9 Å². The van der Waals surface area contributed by atoms with Crippen LogP contribution < -0.4 is 0 Å². The zero-order valence-corrected chi connectivity index (χ0v) is 9.79. The molecule has 0 aliphatic carbocycles. The van der Waals surface area contributed by atoms with Gasteiger partial charge in [0.2, 0.25) is 0 Å². The second-order valence-electron chi connectivity index (χ2n) is 3.90. The summed E-state index contributed by atoms with van der Waals surface area (Å²) in [6.45, 7) is 0. The summed E-state index contributed by atoms with van der Waals surface area (Å²) in [7, 11) is 3.44. The largest absolute Gasteiger partial charge is 0.345 e. The second kappa shape index (κ2) is 4.74. The first-order chi connectivity index (χ1) is 8.18. The summed E-state index contributed by atoms with van der Waals surface area (Å²) in [5, 5.41) is 0. The fraction of sp³-hybridized carbons (Fsp3) is 0.154. The zero-order chi connectivity index (χ0) is 12.3. The first-order valence-electron chi connectivity index (χ1n) is 5.25. The van der Waals surface area contributed by atoms with Gasteiger partial charge >= 0.3 is 0 Å². The van der Waals surface area contributed by atoms with Gasteiger partial charge < -0.3 is 4.90 Å². The van der Waals surface area contributed by atoms with Crippen LogP contribution in [0.4, 0.5) is 0 Å². The van der Waals surface area contributed by atoms with Crippen LogP contribution >= 0.6 is 0 Å². The fourth-order valence-corrected chi connectivity index (χ4v) is 1.51. The molecule has 4 heteroatoms. The van der Waals surface area contributed by atoms with Gasteiger partial charge in [-0.25, -0.2) is 0 Å². The molecule has 0 aliphatic heterocycles. The highest BCUT2D eigenvalue weighted by molar-refractivity contribution is 5.94. The average Bonchev–Trinajstić information content (AvgIpc) is 2.39. The Kier molecular flexibility index (Phi) is 3.14. The quantitative estimate of drug-likeness (QED) is 0.786. The molecule has 86 valence electrons. The standard InChI is InChI=1S/C13H13N3O/c1-16(2)13(17)12-6-11(8-15-9-12)10-4-3-5-14-7-10/h3-9H,1-2H3. The number of nitrogens with zero attached hydrogens (tertiary/aromatic N) is 3. The van der Waals surface area contributed by atoms with Crippen molar-refractivity contribution in [3.05, 3.63) is 48.5 Å². The van der Waals surface area contributed by atoms with Crippen molar-refractivity contribution < 1.29 is 4.79 Å². The van der Waals surface area contributed by atoms with E-state index in [-0.39, 0.29) is 5.91 Å². The molecule has 0 saturated carbocycles. The fourth-order valence-electron chi connectivity index (χ4n) is 1.51. The molecule has 0 fully saturated rings. The maximum absolute atomic E-state index is 11.8. The van der Waals surface area contributed by atoms with Gasteiger partial charge in [-0.3, -0.25) is 14.8 Å². The smallest absolute Gasteiger partial charge is 0.254 e. The van der Waals surface area contributed by atoms with Gasteiger partial charge in [0.25, 0.3) is 5.91 Å². The highest BCUT2D eigenvalue weighted by Crippen LogP contribution is 2.18. The predicted octanol–water partition coefficient (Wildman–Crippen LogP) is 1.85. The monoisotopic (exact) mass is 227 g/mol. The van der Waals surface area contributed by atoms with E-state index in [0.29, 0.717) is 5.56 Å². The molecule has 2 rings (SSSR count). The van der Waals surface area contributed by atoms with Crippen molar-refractivity contribution in [2.24, 2.45) is 0 Å². The normalized spacial score (nSPS) is 10.0. The van der Waals surface area contributed by atoms with Gasteiger partial charge in [-0.15, -0.1) is 0 Å². The van der Waals surface area contributed by atoms with E-state index >= 15 is 0 Å². The van der Waals surface area contributed by atoms with Gasteiger partial charge in [0.15, 0.2) is 0 Å². The minimum absolute atomic E-state index is 0.0526. The number of hydrogen-bond acceptors (Lipinski definition) is 3. The summed E-state index contributed by atoms with van der Waals surface area (Å²) >= 11 is 0. The van der Waals surface area contributed by atoms with E-state index < -0.39 is 0 Å². The minimum Gasteiger partial charge on any atom is -0.345 e. The van der Waals surface area contributed by atoms with Crippen molar-refractivity contribution >= 4 is 5.91 Å². The van der Waals surface area contributed by atoms with Crippen LogP contribution in [0, 0.1) is 0 Å². The topological polar surface area (TPSA) is 46.1 Å². The van der Waals surface area contributed by atoms with Crippen molar-refractivity contribution in [1.82, 2.24) is 14.9 Å². The Morgan fingerprint density at radius 2 is 1.88 bits per heavy atom. The number of amides is 1. The molecule has 2 aromatic heterocycles. The lowest BCUT2D eigenvalue weighted by atomic mass is 10.1. The maximum atomic E-state index is 11.8. The lowest BCUT2D eigenvalue weighted by Gasteiger charge is -2.10. The van der Waals surface area contributed by atoms with Crippen LogP contribution in [0.2, 0.25) is 0 Å². The number of hydrogen-bond donors (Lipinski definition) is 0. The van der Waals surface area contributed by atoms with Gasteiger partial charge in [-0.05, 0) is 12.1 Å².